The van der Waals surface area contributed by atoms with Gasteiger partial charge in [0.1, 0.15) is 12.1 Å². The normalized spacial score (nSPS) is 20.2. The summed E-state index contributed by atoms with van der Waals surface area (Å²) in [5.41, 5.74) is 2.92. The molecule has 2 aromatic heterocycles. The summed E-state index contributed by atoms with van der Waals surface area (Å²) in [5.74, 6) is 1.80. The predicted molar refractivity (Wildman–Crippen MR) is 105 cm³/mol. The number of benzene rings is 1. The minimum Gasteiger partial charge on any atom is -0.467 e. The maximum Gasteiger partial charge on any atom is 0.203 e. The monoisotopic (exact) mass is 400 g/mol. The van der Waals surface area contributed by atoms with Crippen LogP contribution in [0.4, 0.5) is 5.82 Å². The molecule has 1 aromatic carbocycles. The Morgan fingerprint density at radius 2 is 2.21 bits per heavy atom. The molecule has 0 bridgehead atoms. The molecule has 28 heavy (non-hydrogen) atoms. The van der Waals surface area contributed by atoms with Crippen LogP contribution in [0, 0.1) is 0 Å². The molecule has 0 aliphatic carbocycles. The van der Waals surface area contributed by atoms with Crippen molar-refractivity contribution in [3.63, 3.8) is 0 Å². The SMILES string of the molecule is CC1CN(Cc2cc(Cl)cc3c2OCOC3)CCN1c1nccn2cnnc12. The molecule has 1 unspecified atom stereocenters. The van der Waals surface area contributed by atoms with Crippen LogP contribution in [0.5, 0.6) is 5.75 Å². The van der Waals surface area contributed by atoms with Crippen molar-refractivity contribution in [2.45, 2.75) is 26.1 Å². The number of nitrogens with zero attached hydrogens (tertiary/aromatic N) is 6. The molecular formula is C19H21ClN6O2. The first-order valence-electron chi connectivity index (χ1n) is 9.34. The van der Waals surface area contributed by atoms with Crippen LogP contribution in [0.2, 0.25) is 5.02 Å². The fraction of sp³-hybridized carbons (Fsp3) is 0.421. The minimum atomic E-state index is 0.292. The molecule has 0 N–H and O–H groups in total. The van der Waals surface area contributed by atoms with E-state index in [0.717, 1.165) is 59.5 Å². The standard InChI is InChI=1S/C19H21ClN6O2/c1-13-8-24(9-14-6-16(20)7-15-10-27-12-28-17(14)15)4-5-26(13)18-19-23-22-11-25(19)3-2-21-18/h2-3,6-7,11,13H,4-5,8-10,12H2,1H3. The van der Waals surface area contributed by atoms with Gasteiger partial charge in [0.15, 0.2) is 12.6 Å². The summed E-state index contributed by atoms with van der Waals surface area (Å²) in [5, 5.41) is 8.95. The van der Waals surface area contributed by atoms with Crippen LogP contribution in [-0.4, -0.2) is 57.0 Å². The van der Waals surface area contributed by atoms with E-state index in [1.54, 1.807) is 12.5 Å². The highest BCUT2D eigenvalue weighted by Gasteiger charge is 2.28. The number of piperazine rings is 1. The number of hydrogen-bond donors (Lipinski definition) is 0. The third-order valence-electron chi connectivity index (χ3n) is 5.33. The largest absolute Gasteiger partial charge is 0.467 e. The lowest BCUT2D eigenvalue weighted by molar-refractivity contribution is -0.0175. The topological polar surface area (TPSA) is 68.0 Å². The molecule has 2 aliphatic rings. The van der Waals surface area contributed by atoms with Gasteiger partial charge < -0.3 is 14.4 Å². The summed E-state index contributed by atoms with van der Waals surface area (Å²) in [7, 11) is 0. The third-order valence-corrected chi connectivity index (χ3v) is 5.54. The zero-order valence-corrected chi connectivity index (χ0v) is 16.3. The summed E-state index contributed by atoms with van der Waals surface area (Å²) < 4.78 is 13.0. The Morgan fingerprint density at radius 3 is 3.11 bits per heavy atom. The molecular weight excluding hydrogens is 380 g/mol. The Bertz CT molecular complexity index is 1010. The highest BCUT2D eigenvalue weighted by atomic mass is 35.5. The minimum absolute atomic E-state index is 0.292. The summed E-state index contributed by atoms with van der Waals surface area (Å²) in [6, 6.07) is 4.22. The van der Waals surface area contributed by atoms with Crippen molar-refractivity contribution >= 4 is 23.1 Å². The lowest BCUT2D eigenvalue weighted by atomic mass is 10.1. The molecule has 1 fully saturated rings. The van der Waals surface area contributed by atoms with E-state index in [9.17, 15) is 0 Å². The van der Waals surface area contributed by atoms with E-state index in [1.807, 2.05) is 22.7 Å². The second kappa shape index (κ2) is 7.20. The first-order valence-corrected chi connectivity index (χ1v) is 9.72. The van der Waals surface area contributed by atoms with Crippen molar-refractivity contribution in [3.05, 3.63) is 47.0 Å². The maximum absolute atomic E-state index is 6.31. The highest BCUT2D eigenvalue weighted by molar-refractivity contribution is 6.30. The van der Waals surface area contributed by atoms with E-state index in [0.29, 0.717) is 19.4 Å². The zero-order chi connectivity index (χ0) is 19.1. The molecule has 8 nitrogen and oxygen atoms in total. The van der Waals surface area contributed by atoms with Gasteiger partial charge in [0.2, 0.25) is 5.65 Å². The van der Waals surface area contributed by atoms with Crippen molar-refractivity contribution in [1.29, 1.82) is 0 Å². The van der Waals surface area contributed by atoms with Gasteiger partial charge in [-0.05, 0) is 19.1 Å². The molecule has 0 amide bonds. The lowest BCUT2D eigenvalue weighted by Gasteiger charge is -2.40. The van der Waals surface area contributed by atoms with E-state index < -0.39 is 0 Å². The number of fused-ring (bicyclic) bond motifs is 2. The number of hydrogen-bond acceptors (Lipinski definition) is 7. The Balaban J connectivity index is 1.34. The van der Waals surface area contributed by atoms with Crippen molar-refractivity contribution in [1.82, 2.24) is 24.5 Å². The molecule has 0 radical (unpaired) electrons. The van der Waals surface area contributed by atoms with Crippen molar-refractivity contribution in [3.8, 4) is 5.75 Å². The van der Waals surface area contributed by atoms with Gasteiger partial charge >= 0.3 is 0 Å². The Labute approximate surface area is 167 Å². The van der Waals surface area contributed by atoms with Gasteiger partial charge in [-0.25, -0.2) is 4.98 Å². The van der Waals surface area contributed by atoms with Crippen LogP contribution in [0.25, 0.3) is 5.65 Å². The van der Waals surface area contributed by atoms with E-state index in [-0.39, 0.29) is 0 Å². The van der Waals surface area contributed by atoms with Crippen LogP contribution >= 0.6 is 11.6 Å². The van der Waals surface area contributed by atoms with Gasteiger partial charge in [0, 0.05) is 60.8 Å². The quantitative estimate of drug-likeness (QED) is 0.668. The van der Waals surface area contributed by atoms with E-state index in [4.69, 9.17) is 21.1 Å². The second-order valence-electron chi connectivity index (χ2n) is 7.25. The first kappa shape index (κ1) is 17.7. The van der Waals surface area contributed by atoms with Crippen LogP contribution < -0.4 is 9.64 Å². The Morgan fingerprint density at radius 1 is 1.29 bits per heavy atom. The van der Waals surface area contributed by atoms with Crippen LogP contribution in [0.3, 0.4) is 0 Å². The van der Waals surface area contributed by atoms with Crippen LogP contribution in [-0.2, 0) is 17.9 Å². The predicted octanol–water partition coefficient (Wildman–Crippen LogP) is 2.35. The molecule has 5 rings (SSSR count). The molecule has 146 valence electrons. The average molecular weight is 401 g/mol. The molecule has 0 spiro atoms. The smallest absolute Gasteiger partial charge is 0.203 e. The first-order chi connectivity index (χ1) is 13.7. The molecule has 9 heteroatoms. The summed E-state index contributed by atoms with van der Waals surface area (Å²) >= 11 is 6.31. The lowest BCUT2D eigenvalue weighted by Crippen LogP contribution is -2.52. The highest BCUT2D eigenvalue weighted by Crippen LogP contribution is 2.33. The molecule has 3 aromatic rings. The van der Waals surface area contributed by atoms with Gasteiger partial charge in [-0.2, -0.15) is 0 Å². The van der Waals surface area contributed by atoms with E-state index in [1.165, 1.54) is 0 Å². The van der Waals surface area contributed by atoms with Gasteiger partial charge in [-0.1, -0.05) is 11.6 Å². The maximum atomic E-state index is 6.31. The third kappa shape index (κ3) is 3.17. The molecule has 1 saturated heterocycles. The van der Waals surface area contributed by atoms with Gasteiger partial charge in [-0.15, -0.1) is 10.2 Å². The van der Waals surface area contributed by atoms with Gasteiger partial charge in [-0.3, -0.25) is 9.30 Å². The average Bonchev–Trinajstić information content (AvgIpc) is 3.17. The van der Waals surface area contributed by atoms with Crippen molar-refractivity contribution in [2.24, 2.45) is 0 Å². The Hall–Kier alpha value is -2.42. The van der Waals surface area contributed by atoms with Gasteiger partial charge in [0.05, 0.1) is 6.61 Å². The van der Waals surface area contributed by atoms with Crippen molar-refractivity contribution in [2.75, 3.05) is 31.3 Å². The number of ether oxygens (including phenoxy) is 2. The molecule has 2 aliphatic heterocycles. The number of aromatic nitrogens is 4. The number of anilines is 1. The van der Waals surface area contributed by atoms with Crippen LogP contribution in [0.1, 0.15) is 18.1 Å². The number of halogens is 1. The second-order valence-corrected chi connectivity index (χ2v) is 7.69. The van der Waals surface area contributed by atoms with Crippen LogP contribution in [0.15, 0.2) is 30.9 Å². The summed E-state index contributed by atoms with van der Waals surface area (Å²) in [6.45, 7) is 6.54. The van der Waals surface area contributed by atoms with Gasteiger partial charge in [0.25, 0.3) is 0 Å². The molecule has 1 atom stereocenters. The fourth-order valence-corrected chi connectivity index (χ4v) is 4.32. The Kier molecular flexibility index (Phi) is 4.54. The molecule has 0 saturated carbocycles. The number of rotatable bonds is 3. The zero-order valence-electron chi connectivity index (χ0n) is 15.6. The molecule has 4 heterocycles. The van der Waals surface area contributed by atoms with Crippen molar-refractivity contribution < 1.29 is 9.47 Å². The fourth-order valence-electron chi connectivity index (χ4n) is 4.05. The van der Waals surface area contributed by atoms with E-state index in [2.05, 4.69) is 31.9 Å². The summed E-state index contributed by atoms with van der Waals surface area (Å²) in [4.78, 5) is 9.29. The van der Waals surface area contributed by atoms with E-state index >= 15 is 0 Å². The summed E-state index contributed by atoms with van der Waals surface area (Å²) in [6.07, 6.45) is 5.36.